The van der Waals surface area contributed by atoms with Crippen molar-refractivity contribution in [2.24, 2.45) is 0 Å². The molecule has 0 radical (unpaired) electrons. The number of nitrogens with one attached hydrogen (secondary N) is 2. The van der Waals surface area contributed by atoms with Gasteiger partial charge in [-0.3, -0.25) is 0 Å². The van der Waals surface area contributed by atoms with Crippen LogP contribution in [-0.4, -0.2) is 19.9 Å². The predicted molar refractivity (Wildman–Crippen MR) is 81.1 cm³/mol. The Morgan fingerprint density at radius 1 is 1.15 bits per heavy atom. The van der Waals surface area contributed by atoms with E-state index >= 15 is 0 Å². The summed E-state index contributed by atoms with van der Waals surface area (Å²) in [6.45, 7) is 0. The van der Waals surface area contributed by atoms with E-state index in [1.807, 2.05) is 0 Å². The van der Waals surface area contributed by atoms with Crippen LogP contribution >= 0.6 is 15.9 Å². The maximum atomic E-state index is 4.29. The Hall–Kier alpha value is -1.95. The highest BCUT2D eigenvalue weighted by molar-refractivity contribution is 9.10. The minimum absolute atomic E-state index is 0.669. The largest absolute Gasteiger partial charge is 0.340 e. The molecule has 2 aromatic heterocycles. The van der Waals surface area contributed by atoms with Gasteiger partial charge in [0.1, 0.15) is 11.8 Å². The van der Waals surface area contributed by atoms with Crippen molar-refractivity contribution >= 4 is 38.6 Å². The second-order valence-electron chi connectivity index (χ2n) is 4.90. The van der Waals surface area contributed by atoms with Gasteiger partial charge >= 0.3 is 0 Å². The van der Waals surface area contributed by atoms with Crippen LogP contribution in [0.4, 0.5) is 11.5 Å². The first-order valence-electron chi connectivity index (χ1n) is 6.53. The Labute approximate surface area is 124 Å². The van der Waals surface area contributed by atoms with Crippen molar-refractivity contribution in [3.8, 4) is 0 Å². The molecule has 0 saturated heterocycles. The standard InChI is InChI=1S/C14H12BrN5/c15-11-5-9(4-8-2-1-3-10(8)11)20-14-12-13(17-6-16-12)18-7-19-14/h4-7H,1-3H2,(H2,16,17,18,19,20). The number of fused-ring (bicyclic) bond motifs is 2. The van der Waals surface area contributed by atoms with Crippen LogP contribution < -0.4 is 5.32 Å². The van der Waals surface area contributed by atoms with Crippen LogP contribution in [0.15, 0.2) is 29.3 Å². The molecule has 0 amide bonds. The zero-order chi connectivity index (χ0) is 13.5. The molecule has 0 bridgehead atoms. The van der Waals surface area contributed by atoms with E-state index < -0.39 is 0 Å². The summed E-state index contributed by atoms with van der Waals surface area (Å²) in [4.78, 5) is 15.6. The molecule has 0 aliphatic heterocycles. The molecule has 2 heterocycles. The Bertz CT molecular complexity index is 795. The number of hydrogen-bond donors (Lipinski definition) is 2. The number of H-pyrrole nitrogens is 1. The number of aromatic amines is 1. The van der Waals surface area contributed by atoms with Gasteiger partial charge in [-0.1, -0.05) is 15.9 Å². The van der Waals surface area contributed by atoms with E-state index in [4.69, 9.17) is 0 Å². The van der Waals surface area contributed by atoms with Crippen LogP contribution in [0.3, 0.4) is 0 Å². The van der Waals surface area contributed by atoms with Crippen LogP contribution in [-0.2, 0) is 12.8 Å². The first kappa shape index (κ1) is 11.8. The van der Waals surface area contributed by atoms with E-state index in [-0.39, 0.29) is 0 Å². The van der Waals surface area contributed by atoms with Gasteiger partial charge in [-0.25, -0.2) is 15.0 Å². The second-order valence-corrected chi connectivity index (χ2v) is 5.75. The lowest BCUT2D eigenvalue weighted by Crippen LogP contribution is -1.97. The zero-order valence-electron chi connectivity index (χ0n) is 10.7. The van der Waals surface area contributed by atoms with Crippen LogP contribution in [0.1, 0.15) is 17.5 Å². The molecule has 5 nitrogen and oxygen atoms in total. The van der Waals surface area contributed by atoms with Gasteiger partial charge in [-0.05, 0) is 42.5 Å². The van der Waals surface area contributed by atoms with Crippen LogP contribution in [0.5, 0.6) is 0 Å². The third-order valence-corrected chi connectivity index (χ3v) is 4.35. The van der Waals surface area contributed by atoms with Gasteiger partial charge in [0.05, 0.1) is 6.33 Å². The number of nitrogens with zero attached hydrogens (tertiary/aromatic N) is 3. The maximum absolute atomic E-state index is 4.29. The number of rotatable bonds is 2. The van der Waals surface area contributed by atoms with Gasteiger partial charge < -0.3 is 10.3 Å². The fourth-order valence-electron chi connectivity index (χ4n) is 2.72. The maximum Gasteiger partial charge on any atom is 0.182 e. The first-order chi connectivity index (χ1) is 9.81. The SMILES string of the molecule is Brc1cc(Nc2ncnc3nc[nH]c23)cc2c1CCC2. The molecule has 0 saturated carbocycles. The number of anilines is 2. The molecular weight excluding hydrogens is 318 g/mol. The Morgan fingerprint density at radius 3 is 3.05 bits per heavy atom. The number of aromatic nitrogens is 4. The monoisotopic (exact) mass is 329 g/mol. The number of imidazole rings is 1. The predicted octanol–water partition coefficient (Wildman–Crippen LogP) is 3.35. The number of benzene rings is 1. The highest BCUT2D eigenvalue weighted by Gasteiger charge is 2.15. The zero-order valence-corrected chi connectivity index (χ0v) is 12.2. The van der Waals surface area contributed by atoms with E-state index in [0.717, 1.165) is 29.9 Å². The van der Waals surface area contributed by atoms with Gasteiger partial charge in [0.15, 0.2) is 11.5 Å². The summed E-state index contributed by atoms with van der Waals surface area (Å²) < 4.78 is 1.17. The number of halogens is 1. The lowest BCUT2D eigenvalue weighted by molar-refractivity contribution is 0.910. The Balaban J connectivity index is 1.76. The van der Waals surface area contributed by atoms with E-state index in [1.54, 1.807) is 6.33 Å². The molecule has 0 spiro atoms. The van der Waals surface area contributed by atoms with Crippen molar-refractivity contribution < 1.29 is 0 Å². The van der Waals surface area contributed by atoms with Crippen molar-refractivity contribution in [1.82, 2.24) is 19.9 Å². The normalized spacial score (nSPS) is 13.7. The molecule has 4 rings (SSSR count). The molecule has 1 aliphatic carbocycles. The topological polar surface area (TPSA) is 66.5 Å². The van der Waals surface area contributed by atoms with Gasteiger partial charge in [0, 0.05) is 10.2 Å². The number of hydrogen-bond acceptors (Lipinski definition) is 4. The smallest absolute Gasteiger partial charge is 0.182 e. The molecule has 1 aromatic carbocycles. The van der Waals surface area contributed by atoms with Crippen molar-refractivity contribution in [1.29, 1.82) is 0 Å². The van der Waals surface area contributed by atoms with Gasteiger partial charge in [-0.15, -0.1) is 0 Å². The second kappa shape index (κ2) is 4.56. The molecule has 6 heteroatoms. The van der Waals surface area contributed by atoms with Crippen molar-refractivity contribution in [2.75, 3.05) is 5.32 Å². The lowest BCUT2D eigenvalue weighted by atomic mass is 10.1. The molecule has 3 aromatic rings. The van der Waals surface area contributed by atoms with Gasteiger partial charge in [0.2, 0.25) is 0 Å². The van der Waals surface area contributed by atoms with Crippen LogP contribution in [0, 0.1) is 0 Å². The summed E-state index contributed by atoms with van der Waals surface area (Å²) in [6, 6.07) is 4.31. The quantitative estimate of drug-likeness (QED) is 0.756. The Kier molecular flexibility index (Phi) is 2.70. The molecule has 2 N–H and O–H groups in total. The van der Waals surface area contributed by atoms with Gasteiger partial charge in [0.25, 0.3) is 0 Å². The molecule has 100 valence electrons. The summed E-state index contributed by atoms with van der Waals surface area (Å²) in [7, 11) is 0. The molecule has 1 aliphatic rings. The van der Waals surface area contributed by atoms with E-state index in [9.17, 15) is 0 Å². The summed E-state index contributed by atoms with van der Waals surface area (Å²) in [6.07, 6.45) is 6.69. The third kappa shape index (κ3) is 1.87. The van der Waals surface area contributed by atoms with Crippen LogP contribution in [0.2, 0.25) is 0 Å². The summed E-state index contributed by atoms with van der Waals surface area (Å²) in [5, 5.41) is 3.35. The summed E-state index contributed by atoms with van der Waals surface area (Å²) >= 11 is 3.66. The lowest BCUT2D eigenvalue weighted by Gasteiger charge is -2.10. The minimum atomic E-state index is 0.669. The van der Waals surface area contributed by atoms with Crippen molar-refractivity contribution in [3.63, 3.8) is 0 Å². The molecule has 20 heavy (non-hydrogen) atoms. The fourth-order valence-corrected chi connectivity index (χ4v) is 3.42. The highest BCUT2D eigenvalue weighted by Crippen LogP contribution is 2.33. The number of aryl methyl sites for hydroxylation is 1. The van der Waals surface area contributed by atoms with E-state index in [0.29, 0.717) is 5.65 Å². The van der Waals surface area contributed by atoms with Crippen molar-refractivity contribution in [2.45, 2.75) is 19.3 Å². The average molecular weight is 330 g/mol. The Morgan fingerprint density at radius 2 is 2.10 bits per heavy atom. The minimum Gasteiger partial charge on any atom is -0.340 e. The molecule has 0 unspecified atom stereocenters. The first-order valence-corrected chi connectivity index (χ1v) is 7.33. The van der Waals surface area contributed by atoms with Gasteiger partial charge in [-0.2, -0.15) is 0 Å². The van der Waals surface area contributed by atoms with Crippen molar-refractivity contribution in [3.05, 3.63) is 40.4 Å². The summed E-state index contributed by atoms with van der Waals surface area (Å²) in [5.74, 6) is 0.748. The van der Waals surface area contributed by atoms with E-state index in [1.165, 1.54) is 28.3 Å². The fraction of sp³-hybridized carbons (Fsp3) is 0.214. The summed E-state index contributed by atoms with van der Waals surface area (Å²) in [5.41, 5.74) is 5.38. The van der Waals surface area contributed by atoms with E-state index in [2.05, 4.69) is 53.3 Å². The molecule has 0 atom stereocenters. The molecule has 0 fully saturated rings. The molecular formula is C14H12BrN5. The van der Waals surface area contributed by atoms with Crippen LogP contribution in [0.25, 0.3) is 11.2 Å². The third-order valence-electron chi connectivity index (χ3n) is 3.65. The average Bonchev–Trinajstić information content (AvgIpc) is 3.06. The highest BCUT2D eigenvalue weighted by atomic mass is 79.9.